The van der Waals surface area contributed by atoms with E-state index in [2.05, 4.69) is 41.4 Å². The highest BCUT2D eigenvalue weighted by atomic mass is 35.5. The van der Waals surface area contributed by atoms with Crippen LogP contribution >= 0.6 is 11.6 Å². The van der Waals surface area contributed by atoms with E-state index < -0.39 is 0 Å². The van der Waals surface area contributed by atoms with Gasteiger partial charge in [0.15, 0.2) is 0 Å². The largest absolute Gasteiger partial charge is 0.494 e. The maximum absolute atomic E-state index is 6.00. The molecule has 4 heteroatoms. The summed E-state index contributed by atoms with van der Waals surface area (Å²) < 4.78 is 6.00. The molecular formula is C23H39ClN2O. The molecule has 27 heavy (non-hydrogen) atoms. The molecule has 1 N–H and O–H groups in total. The van der Waals surface area contributed by atoms with Gasteiger partial charge in [-0.2, -0.15) is 0 Å². The van der Waals surface area contributed by atoms with Crippen LogP contribution in [0.1, 0.15) is 76.3 Å². The van der Waals surface area contributed by atoms with E-state index in [1.165, 1.54) is 63.6 Å². The first kappa shape index (κ1) is 22.5. The Morgan fingerprint density at radius 1 is 1.00 bits per heavy atom. The molecule has 1 aliphatic heterocycles. The fraction of sp³-hybridized carbons (Fsp3) is 0.739. The Hall–Kier alpha value is -0.770. The van der Waals surface area contributed by atoms with Gasteiger partial charge in [-0.25, -0.2) is 0 Å². The zero-order valence-electron chi connectivity index (χ0n) is 17.2. The summed E-state index contributed by atoms with van der Waals surface area (Å²) in [7, 11) is 0. The second-order valence-electron chi connectivity index (χ2n) is 7.75. The lowest BCUT2D eigenvalue weighted by Gasteiger charge is -2.28. The normalized spacial score (nSPS) is 16.8. The molecule has 0 spiro atoms. The smallest absolute Gasteiger partial charge is 0.119 e. The number of halogens is 1. The second-order valence-corrected chi connectivity index (χ2v) is 8.13. The van der Waals surface area contributed by atoms with E-state index in [9.17, 15) is 0 Å². The van der Waals surface area contributed by atoms with Gasteiger partial charge >= 0.3 is 0 Å². The maximum Gasteiger partial charge on any atom is 0.119 e. The van der Waals surface area contributed by atoms with E-state index in [4.69, 9.17) is 16.3 Å². The van der Waals surface area contributed by atoms with Gasteiger partial charge in [0.05, 0.1) is 6.61 Å². The Labute approximate surface area is 171 Å². The van der Waals surface area contributed by atoms with Crippen LogP contribution in [0, 0.1) is 0 Å². The highest BCUT2D eigenvalue weighted by Gasteiger charge is 2.17. The summed E-state index contributed by atoms with van der Waals surface area (Å²) in [6.45, 7) is 7.69. The fourth-order valence-electron chi connectivity index (χ4n) is 3.77. The molecule has 0 saturated carbocycles. The molecule has 2 rings (SSSR count). The van der Waals surface area contributed by atoms with Crippen molar-refractivity contribution in [2.24, 2.45) is 0 Å². The zero-order chi connectivity index (χ0) is 19.2. The number of ether oxygens (including phenoxy) is 1. The summed E-state index contributed by atoms with van der Waals surface area (Å²) >= 11 is 5.69. The minimum atomic E-state index is 0.479. The topological polar surface area (TPSA) is 24.5 Å². The van der Waals surface area contributed by atoms with Crippen LogP contribution in [-0.2, 0) is 0 Å². The predicted octanol–water partition coefficient (Wildman–Crippen LogP) is 5.78. The highest BCUT2D eigenvalue weighted by Crippen LogP contribution is 2.26. The standard InChI is InChI=1S/C23H39ClN2O/c1-21(26-17-8-4-5-9-18-26)22-12-10-13-23(20-22)27-19-11-16-25-15-7-3-2-6-14-24/h10,12-13,20-21,25H,2-9,11,14-19H2,1H3. The van der Waals surface area contributed by atoms with Crippen molar-refractivity contribution < 1.29 is 4.74 Å². The van der Waals surface area contributed by atoms with Crippen LogP contribution in [0.4, 0.5) is 0 Å². The SMILES string of the molecule is CC(c1cccc(OCCCNCCCCCCCl)c1)N1CCCCCC1. The summed E-state index contributed by atoms with van der Waals surface area (Å²) in [5.74, 6) is 1.80. The van der Waals surface area contributed by atoms with E-state index in [1.54, 1.807) is 0 Å². The Bertz CT molecular complexity index is 489. The third-order valence-electron chi connectivity index (χ3n) is 5.53. The molecule has 0 aromatic heterocycles. The number of rotatable bonds is 13. The van der Waals surface area contributed by atoms with Crippen LogP contribution in [0.3, 0.4) is 0 Å². The number of nitrogens with zero attached hydrogens (tertiary/aromatic N) is 1. The molecule has 1 unspecified atom stereocenters. The molecule has 1 aliphatic rings. The van der Waals surface area contributed by atoms with Crippen molar-refractivity contribution >= 4 is 11.6 Å². The van der Waals surface area contributed by atoms with Crippen LogP contribution in [0.5, 0.6) is 5.75 Å². The molecule has 3 nitrogen and oxygen atoms in total. The van der Waals surface area contributed by atoms with E-state index in [1.807, 2.05) is 0 Å². The first-order valence-corrected chi connectivity index (χ1v) is 11.6. The van der Waals surface area contributed by atoms with Crippen molar-refractivity contribution in [2.75, 3.05) is 38.7 Å². The fourth-order valence-corrected chi connectivity index (χ4v) is 3.96. The quantitative estimate of drug-likeness (QED) is 0.339. The van der Waals surface area contributed by atoms with Crippen molar-refractivity contribution in [3.05, 3.63) is 29.8 Å². The van der Waals surface area contributed by atoms with Gasteiger partial charge in [-0.1, -0.05) is 37.8 Å². The minimum Gasteiger partial charge on any atom is -0.494 e. The van der Waals surface area contributed by atoms with Crippen molar-refractivity contribution in [2.45, 2.75) is 70.8 Å². The predicted molar refractivity (Wildman–Crippen MR) is 117 cm³/mol. The van der Waals surface area contributed by atoms with Crippen LogP contribution < -0.4 is 10.1 Å². The summed E-state index contributed by atoms with van der Waals surface area (Å²) in [5.41, 5.74) is 1.38. The Morgan fingerprint density at radius 2 is 1.74 bits per heavy atom. The maximum atomic E-state index is 6.00. The number of unbranched alkanes of at least 4 members (excludes halogenated alkanes) is 3. The van der Waals surface area contributed by atoms with Crippen LogP contribution in [-0.4, -0.2) is 43.6 Å². The van der Waals surface area contributed by atoms with Crippen molar-refractivity contribution in [3.63, 3.8) is 0 Å². The summed E-state index contributed by atoms with van der Waals surface area (Å²) in [4.78, 5) is 2.63. The van der Waals surface area contributed by atoms with Crippen molar-refractivity contribution in [1.29, 1.82) is 0 Å². The first-order valence-electron chi connectivity index (χ1n) is 11.0. The van der Waals surface area contributed by atoms with E-state index in [-0.39, 0.29) is 0 Å². The number of hydrogen-bond acceptors (Lipinski definition) is 3. The van der Waals surface area contributed by atoms with Gasteiger partial charge in [-0.05, 0) is 82.9 Å². The Kier molecular flexibility index (Phi) is 11.9. The highest BCUT2D eigenvalue weighted by molar-refractivity contribution is 6.17. The molecule has 0 radical (unpaired) electrons. The summed E-state index contributed by atoms with van der Waals surface area (Å²) in [6.07, 6.45) is 11.4. The number of likely N-dealkylation sites (tertiary alicyclic amines) is 1. The third-order valence-corrected chi connectivity index (χ3v) is 5.80. The minimum absolute atomic E-state index is 0.479. The first-order chi connectivity index (χ1) is 13.3. The number of nitrogens with one attached hydrogen (secondary N) is 1. The van der Waals surface area contributed by atoms with Gasteiger partial charge in [0.2, 0.25) is 0 Å². The lowest BCUT2D eigenvalue weighted by atomic mass is 10.1. The molecule has 0 aliphatic carbocycles. The molecule has 154 valence electrons. The van der Waals surface area contributed by atoms with Gasteiger partial charge in [0.1, 0.15) is 5.75 Å². The number of hydrogen-bond donors (Lipinski definition) is 1. The van der Waals surface area contributed by atoms with E-state index in [0.29, 0.717) is 6.04 Å². The molecular weight excluding hydrogens is 356 g/mol. The molecule has 1 fully saturated rings. The number of alkyl halides is 1. The van der Waals surface area contributed by atoms with Gasteiger partial charge in [-0.15, -0.1) is 11.6 Å². The molecule has 1 heterocycles. The van der Waals surface area contributed by atoms with Crippen LogP contribution in [0.25, 0.3) is 0 Å². The van der Waals surface area contributed by atoms with Crippen molar-refractivity contribution in [1.82, 2.24) is 10.2 Å². The van der Waals surface area contributed by atoms with Crippen LogP contribution in [0.15, 0.2) is 24.3 Å². The Morgan fingerprint density at radius 3 is 2.52 bits per heavy atom. The third kappa shape index (κ3) is 9.32. The lowest BCUT2D eigenvalue weighted by molar-refractivity contribution is 0.218. The average Bonchev–Trinajstić information content (AvgIpc) is 2.98. The Balaban J connectivity index is 1.62. The lowest BCUT2D eigenvalue weighted by Crippen LogP contribution is -2.27. The van der Waals surface area contributed by atoms with Gasteiger partial charge in [0, 0.05) is 11.9 Å². The molecule has 1 saturated heterocycles. The van der Waals surface area contributed by atoms with E-state index >= 15 is 0 Å². The van der Waals surface area contributed by atoms with Gasteiger partial charge in [-0.3, -0.25) is 4.90 Å². The molecule has 1 atom stereocenters. The molecule has 1 aromatic rings. The second kappa shape index (κ2) is 14.3. The summed E-state index contributed by atoms with van der Waals surface area (Å²) in [5, 5.41) is 3.51. The van der Waals surface area contributed by atoms with Gasteiger partial charge < -0.3 is 10.1 Å². The zero-order valence-corrected chi connectivity index (χ0v) is 18.0. The van der Waals surface area contributed by atoms with Crippen LogP contribution in [0.2, 0.25) is 0 Å². The monoisotopic (exact) mass is 394 g/mol. The van der Waals surface area contributed by atoms with Crippen molar-refractivity contribution in [3.8, 4) is 5.75 Å². The molecule has 0 bridgehead atoms. The molecule has 1 aromatic carbocycles. The molecule has 0 amide bonds. The van der Waals surface area contributed by atoms with Gasteiger partial charge in [0.25, 0.3) is 0 Å². The average molecular weight is 395 g/mol. The number of benzene rings is 1. The summed E-state index contributed by atoms with van der Waals surface area (Å²) in [6, 6.07) is 9.18. The van der Waals surface area contributed by atoms with E-state index in [0.717, 1.165) is 44.2 Å².